The van der Waals surface area contributed by atoms with Crippen molar-refractivity contribution < 1.29 is 4.79 Å². The van der Waals surface area contributed by atoms with E-state index in [-0.39, 0.29) is 11.1 Å². The molecule has 98 valence electrons. The largest absolute Gasteiger partial charge is 0.308 e. The van der Waals surface area contributed by atoms with Crippen LogP contribution < -0.4 is 5.56 Å². The van der Waals surface area contributed by atoms with Crippen molar-refractivity contribution in [3.8, 4) is 11.3 Å². The number of carbonyl (C=O) groups is 1. The maximum atomic E-state index is 12.1. The Morgan fingerprint density at radius 1 is 1.16 bits per heavy atom. The Hall–Kier alpha value is -1.58. The summed E-state index contributed by atoms with van der Waals surface area (Å²) in [5.41, 5.74) is 1.19. The van der Waals surface area contributed by atoms with Gasteiger partial charge in [0.25, 0.3) is 10.8 Å². The maximum Gasteiger partial charge on any atom is 0.263 e. The third-order valence-corrected chi connectivity index (χ3v) is 3.30. The van der Waals surface area contributed by atoms with Gasteiger partial charge in [0.05, 0.1) is 11.3 Å². The van der Waals surface area contributed by atoms with E-state index in [1.54, 1.807) is 18.2 Å². The molecule has 0 aliphatic heterocycles. The number of hydrogen-bond donors (Lipinski definition) is 0. The second-order valence-corrected chi connectivity index (χ2v) is 4.74. The molecule has 0 bridgehead atoms. The number of aromatic nitrogens is 1. The highest BCUT2D eigenvalue weighted by Crippen LogP contribution is 2.21. The predicted octanol–water partition coefficient (Wildman–Crippen LogP) is 3.57. The average molecular weight is 296 g/mol. The number of pyridine rings is 1. The first-order valence-electron chi connectivity index (χ1n) is 5.74. The third-order valence-electron chi connectivity index (χ3n) is 2.84. The SMILES string of the molecule is CCn1c(-c2ccc(Cl)cc2)ccc(C(=O)Cl)c1=O. The van der Waals surface area contributed by atoms with Gasteiger partial charge >= 0.3 is 0 Å². The molecule has 0 atom stereocenters. The Morgan fingerprint density at radius 2 is 1.79 bits per heavy atom. The molecule has 3 nitrogen and oxygen atoms in total. The summed E-state index contributed by atoms with van der Waals surface area (Å²) < 4.78 is 1.51. The van der Waals surface area contributed by atoms with Gasteiger partial charge in [-0.15, -0.1) is 0 Å². The molecule has 0 N–H and O–H groups in total. The zero-order chi connectivity index (χ0) is 14.0. The zero-order valence-corrected chi connectivity index (χ0v) is 11.7. The van der Waals surface area contributed by atoms with E-state index in [9.17, 15) is 9.59 Å². The van der Waals surface area contributed by atoms with Crippen LogP contribution in [0.15, 0.2) is 41.2 Å². The number of hydrogen-bond acceptors (Lipinski definition) is 2. The highest BCUT2D eigenvalue weighted by molar-refractivity contribution is 6.67. The monoisotopic (exact) mass is 295 g/mol. The molecule has 0 fully saturated rings. The maximum absolute atomic E-state index is 12.1. The fourth-order valence-corrected chi connectivity index (χ4v) is 2.18. The zero-order valence-electron chi connectivity index (χ0n) is 10.2. The normalized spacial score (nSPS) is 10.5. The first kappa shape index (κ1) is 13.8. The first-order valence-corrected chi connectivity index (χ1v) is 6.49. The molecule has 2 aromatic rings. The lowest BCUT2D eigenvalue weighted by molar-refractivity contribution is 0.107. The third kappa shape index (κ3) is 2.72. The van der Waals surface area contributed by atoms with Crippen molar-refractivity contribution in [3.05, 3.63) is 57.3 Å². The predicted molar refractivity (Wildman–Crippen MR) is 77.0 cm³/mol. The van der Waals surface area contributed by atoms with Gasteiger partial charge in [-0.2, -0.15) is 0 Å². The van der Waals surface area contributed by atoms with Gasteiger partial charge in [0.1, 0.15) is 0 Å². The number of benzene rings is 1. The summed E-state index contributed by atoms with van der Waals surface area (Å²) >= 11 is 11.2. The molecule has 0 saturated heterocycles. The van der Waals surface area contributed by atoms with Crippen molar-refractivity contribution in [1.82, 2.24) is 4.57 Å². The molecular weight excluding hydrogens is 285 g/mol. The number of carbonyl (C=O) groups excluding carboxylic acids is 1. The number of nitrogens with zero attached hydrogens (tertiary/aromatic N) is 1. The highest BCUT2D eigenvalue weighted by Gasteiger charge is 2.13. The summed E-state index contributed by atoms with van der Waals surface area (Å²) in [6, 6.07) is 10.3. The Morgan fingerprint density at radius 3 is 2.32 bits per heavy atom. The van der Waals surface area contributed by atoms with Crippen LogP contribution in [0.5, 0.6) is 0 Å². The van der Waals surface area contributed by atoms with E-state index in [1.807, 2.05) is 19.1 Å². The van der Waals surface area contributed by atoms with E-state index >= 15 is 0 Å². The van der Waals surface area contributed by atoms with E-state index in [4.69, 9.17) is 23.2 Å². The minimum absolute atomic E-state index is 0.0127. The van der Waals surface area contributed by atoms with Crippen LogP contribution in [0.25, 0.3) is 11.3 Å². The molecule has 0 unspecified atom stereocenters. The molecule has 0 aliphatic rings. The quantitative estimate of drug-likeness (QED) is 0.812. The standard InChI is InChI=1S/C14H11Cl2NO2/c1-2-17-12(9-3-5-10(15)6-4-9)8-7-11(13(16)18)14(17)19/h3-8H,2H2,1H3. The van der Waals surface area contributed by atoms with Crippen molar-refractivity contribution in [1.29, 1.82) is 0 Å². The molecule has 2 rings (SSSR count). The molecule has 1 aromatic heterocycles. The van der Waals surface area contributed by atoms with Gasteiger partial charge in [0, 0.05) is 11.6 Å². The molecule has 0 saturated carbocycles. The number of rotatable bonds is 3. The van der Waals surface area contributed by atoms with E-state index in [1.165, 1.54) is 10.6 Å². The van der Waals surface area contributed by atoms with Crippen molar-refractivity contribution in [2.24, 2.45) is 0 Å². The van der Waals surface area contributed by atoms with E-state index in [0.717, 1.165) is 11.3 Å². The Bertz CT molecular complexity index is 675. The van der Waals surface area contributed by atoms with Crippen molar-refractivity contribution in [2.75, 3.05) is 0 Å². The summed E-state index contributed by atoms with van der Waals surface area (Å²) in [7, 11) is 0. The minimum Gasteiger partial charge on any atom is -0.308 e. The molecule has 1 aromatic carbocycles. The van der Waals surface area contributed by atoms with Crippen LogP contribution >= 0.6 is 23.2 Å². The molecule has 0 radical (unpaired) electrons. The Labute approximate surface area is 120 Å². The van der Waals surface area contributed by atoms with E-state index < -0.39 is 5.24 Å². The van der Waals surface area contributed by atoms with E-state index in [2.05, 4.69) is 0 Å². The van der Waals surface area contributed by atoms with Crippen LogP contribution in [-0.2, 0) is 6.54 Å². The van der Waals surface area contributed by atoms with Crippen LogP contribution in [0.4, 0.5) is 0 Å². The molecule has 0 amide bonds. The Kier molecular flexibility index (Phi) is 4.08. The second-order valence-electron chi connectivity index (χ2n) is 3.96. The summed E-state index contributed by atoms with van der Waals surface area (Å²) in [4.78, 5) is 23.3. The van der Waals surface area contributed by atoms with Crippen molar-refractivity contribution in [3.63, 3.8) is 0 Å². The molecule has 5 heteroatoms. The summed E-state index contributed by atoms with van der Waals surface area (Å²) in [6.07, 6.45) is 0. The topological polar surface area (TPSA) is 39.1 Å². The number of halogens is 2. The van der Waals surface area contributed by atoms with Gasteiger partial charge in [-0.25, -0.2) is 0 Å². The summed E-state index contributed by atoms with van der Waals surface area (Å²) in [5.74, 6) is 0. The van der Waals surface area contributed by atoms with Crippen molar-refractivity contribution >= 4 is 28.4 Å². The van der Waals surface area contributed by atoms with Crippen LogP contribution in [0.2, 0.25) is 5.02 Å². The summed E-state index contributed by atoms with van der Waals surface area (Å²) in [6.45, 7) is 2.29. The summed E-state index contributed by atoms with van der Waals surface area (Å²) in [5, 5.41) is -0.114. The molecule has 0 aliphatic carbocycles. The Balaban J connectivity index is 2.65. The smallest absolute Gasteiger partial charge is 0.263 e. The van der Waals surface area contributed by atoms with Gasteiger partial charge in [-0.1, -0.05) is 23.7 Å². The van der Waals surface area contributed by atoms with Gasteiger partial charge in [0.15, 0.2) is 0 Å². The first-order chi connectivity index (χ1) is 9.04. The fraction of sp³-hybridized carbons (Fsp3) is 0.143. The van der Waals surface area contributed by atoms with Crippen LogP contribution in [0.1, 0.15) is 17.3 Å². The second kappa shape index (κ2) is 5.59. The molecule has 0 spiro atoms. The lowest BCUT2D eigenvalue weighted by Crippen LogP contribution is -2.25. The molecule has 1 heterocycles. The van der Waals surface area contributed by atoms with Gasteiger partial charge in [-0.05, 0) is 48.4 Å². The van der Waals surface area contributed by atoms with Gasteiger partial charge < -0.3 is 4.57 Å². The average Bonchev–Trinajstić information content (AvgIpc) is 2.38. The van der Waals surface area contributed by atoms with Crippen LogP contribution in [-0.4, -0.2) is 9.81 Å². The van der Waals surface area contributed by atoms with Crippen LogP contribution in [0.3, 0.4) is 0 Å². The fourth-order valence-electron chi connectivity index (χ4n) is 1.91. The highest BCUT2D eigenvalue weighted by atomic mass is 35.5. The van der Waals surface area contributed by atoms with E-state index in [0.29, 0.717) is 11.6 Å². The van der Waals surface area contributed by atoms with Gasteiger partial charge in [0.2, 0.25) is 0 Å². The lowest BCUT2D eigenvalue weighted by Gasteiger charge is -2.12. The molecular formula is C14H11Cl2NO2. The van der Waals surface area contributed by atoms with Crippen molar-refractivity contribution in [2.45, 2.75) is 13.5 Å². The van der Waals surface area contributed by atoms with Gasteiger partial charge in [-0.3, -0.25) is 9.59 Å². The lowest BCUT2D eigenvalue weighted by atomic mass is 10.1. The minimum atomic E-state index is -0.741. The molecule has 19 heavy (non-hydrogen) atoms. The van der Waals surface area contributed by atoms with Crippen LogP contribution in [0, 0.1) is 0 Å².